The molecule has 0 saturated carbocycles. The Balaban J connectivity index is 1.54. The Hall–Kier alpha value is -3.22. The first-order valence-electron chi connectivity index (χ1n) is 9.85. The third-order valence-corrected chi connectivity index (χ3v) is 6.08. The van der Waals surface area contributed by atoms with Crippen LogP contribution in [0, 0.1) is 6.92 Å². The van der Waals surface area contributed by atoms with Crippen molar-refractivity contribution in [3.8, 4) is 11.5 Å². The van der Waals surface area contributed by atoms with E-state index in [2.05, 4.69) is 0 Å². The lowest BCUT2D eigenvalue weighted by Crippen LogP contribution is -2.27. The highest BCUT2D eigenvalue weighted by atomic mass is 35.5. The predicted molar refractivity (Wildman–Crippen MR) is 128 cm³/mol. The Kier molecular flexibility index (Phi) is 6.53. The molecule has 1 saturated heterocycles. The smallest absolute Gasteiger partial charge is 0.298 e. The summed E-state index contributed by atoms with van der Waals surface area (Å²) in [6.07, 6.45) is 1.66. The number of ether oxygens (including phenoxy) is 2. The van der Waals surface area contributed by atoms with E-state index in [0.717, 1.165) is 22.2 Å². The normalized spacial score (nSPS) is 14.8. The minimum atomic E-state index is -0.410. The van der Waals surface area contributed by atoms with Gasteiger partial charge >= 0.3 is 0 Å². The summed E-state index contributed by atoms with van der Waals surface area (Å²) in [5.74, 6) is 0.720. The number of carbonyl (C=O) groups is 2. The minimum Gasteiger partial charge on any atom is -0.493 e. The van der Waals surface area contributed by atoms with Crippen LogP contribution in [0.4, 0.5) is 10.5 Å². The van der Waals surface area contributed by atoms with Crippen molar-refractivity contribution in [2.45, 2.75) is 13.5 Å². The molecule has 0 atom stereocenters. The molecule has 0 N–H and O–H groups in total. The number of nitrogens with zero attached hydrogens (tertiary/aromatic N) is 1. The van der Waals surface area contributed by atoms with Gasteiger partial charge in [0.1, 0.15) is 6.61 Å². The number of amides is 2. The number of aryl methyl sites for hydroxylation is 1. The van der Waals surface area contributed by atoms with Crippen LogP contribution in [-0.2, 0) is 11.4 Å². The SMILES string of the molecule is COc1cc(/C=C2\SC(=O)N(c3ccccc3Cl)C2=O)ccc1OCc1ccc(C)cc1. The van der Waals surface area contributed by atoms with Gasteiger partial charge in [0.05, 0.1) is 22.7 Å². The molecule has 0 unspecified atom stereocenters. The van der Waals surface area contributed by atoms with Crippen molar-refractivity contribution in [2.24, 2.45) is 0 Å². The van der Waals surface area contributed by atoms with Crippen molar-refractivity contribution in [3.63, 3.8) is 0 Å². The molecule has 0 bridgehead atoms. The monoisotopic (exact) mass is 465 g/mol. The maximum Gasteiger partial charge on any atom is 0.298 e. The van der Waals surface area contributed by atoms with Crippen molar-refractivity contribution in [1.82, 2.24) is 0 Å². The first-order valence-corrected chi connectivity index (χ1v) is 11.0. The highest BCUT2D eigenvalue weighted by Gasteiger charge is 2.37. The number of para-hydroxylation sites is 1. The molecule has 1 aliphatic heterocycles. The molecule has 1 heterocycles. The molecule has 0 radical (unpaired) electrons. The zero-order chi connectivity index (χ0) is 22.7. The second-order valence-corrected chi connectivity index (χ2v) is 8.55. The Morgan fingerprint density at radius 3 is 2.47 bits per heavy atom. The number of rotatable bonds is 6. The van der Waals surface area contributed by atoms with E-state index in [4.69, 9.17) is 21.1 Å². The second-order valence-electron chi connectivity index (χ2n) is 7.15. The fourth-order valence-corrected chi connectivity index (χ4v) is 4.25. The van der Waals surface area contributed by atoms with E-state index in [1.807, 2.05) is 37.3 Å². The van der Waals surface area contributed by atoms with Gasteiger partial charge in [0, 0.05) is 0 Å². The van der Waals surface area contributed by atoms with Gasteiger partial charge in [-0.05, 0) is 60.2 Å². The zero-order valence-corrected chi connectivity index (χ0v) is 19.1. The van der Waals surface area contributed by atoms with E-state index < -0.39 is 5.91 Å². The van der Waals surface area contributed by atoms with Crippen LogP contribution in [0.15, 0.2) is 71.6 Å². The number of hydrogen-bond acceptors (Lipinski definition) is 5. The number of hydrogen-bond donors (Lipinski definition) is 0. The van der Waals surface area contributed by atoms with Crippen molar-refractivity contribution >= 4 is 46.3 Å². The minimum absolute atomic E-state index is 0.310. The average molecular weight is 466 g/mol. The maximum absolute atomic E-state index is 12.9. The van der Waals surface area contributed by atoms with Gasteiger partial charge in [-0.1, -0.05) is 59.6 Å². The Labute approximate surface area is 195 Å². The van der Waals surface area contributed by atoms with Gasteiger partial charge in [-0.25, -0.2) is 4.90 Å². The maximum atomic E-state index is 12.9. The number of carbonyl (C=O) groups excluding carboxylic acids is 2. The Morgan fingerprint density at radius 1 is 1.00 bits per heavy atom. The molecule has 5 nitrogen and oxygen atoms in total. The van der Waals surface area contributed by atoms with Crippen LogP contribution in [-0.4, -0.2) is 18.3 Å². The van der Waals surface area contributed by atoms with Crippen molar-refractivity contribution in [1.29, 1.82) is 0 Å². The molecule has 1 fully saturated rings. The summed E-state index contributed by atoms with van der Waals surface area (Å²) in [7, 11) is 1.56. The number of methoxy groups -OCH3 is 1. The molecule has 0 spiro atoms. The van der Waals surface area contributed by atoms with Gasteiger partial charge in [-0.15, -0.1) is 0 Å². The highest BCUT2D eigenvalue weighted by Crippen LogP contribution is 2.39. The summed E-state index contributed by atoms with van der Waals surface area (Å²) in [4.78, 5) is 26.8. The predicted octanol–water partition coefficient (Wildman–Crippen LogP) is 6.48. The Morgan fingerprint density at radius 2 is 1.75 bits per heavy atom. The second kappa shape index (κ2) is 9.51. The van der Waals surface area contributed by atoms with E-state index in [0.29, 0.717) is 39.3 Å². The number of anilines is 1. The summed E-state index contributed by atoms with van der Waals surface area (Å²) in [5.41, 5.74) is 3.33. The molecular weight excluding hydrogens is 446 g/mol. The third kappa shape index (κ3) is 4.66. The quantitative estimate of drug-likeness (QED) is 0.390. The molecule has 1 aliphatic rings. The number of thioether (sulfide) groups is 1. The van der Waals surface area contributed by atoms with Crippen LogP contribution < -0.4 is 14.4 Å². The summed E-state index contributed by atoms with van der Waals surface area (Å²) in [5, 5.41) is -0.0489. The highest BCUT2D eigenvalue weighted by molar-refractivity contribution is 8.19. The Bertz CT molecular complexity index is 1210. The van der Waals surface area contributed by atoms with E-state index >= 15 is 0 Å². The molecule has 32 heavy (non-hydrogen) atoms. The third-order valence-electron chi connectivity index (χ3n) is 4.89. The topological polar surface area (TPSA) is 55.8 Å². The van der Waals surface area contributed by atoms with Crippen LogP contribution in [0.25, 0.3) is 6.08 Å². The van der Waals surface area contributed by atoms with Crippen LogP contribution in [0.5, 0.6) is 11.5 Å². The largest absolute Gasteiger partial charge is 0.493 e. The standard InChI is InChI=1S/C25H20ClNO4S/c1-16-7-9-17(10-8-16)15-31-21-12-11-18(13-22(21)30-2)14-23-24(28)27(25(29)32-23)20-6-4-3-5-19(20)26/h3-14H,15H2,1-2H3/b23-14-. The van der Waals surface area contributed by atoms with Crippen molar-refractivity contribution in [3.05, 3.63) is 93.3 Å². The van der Waals surface area contributed by atoms with Gasteiger partial charge in [-0.3, -0.25) is 9.59 Å². The molecule has 0 aliphatic carbocycles. The molecular formula is C25H20ClNO4S. The van der Waals surface area contributed by atoms with Crippen molar-refractivity contribution < 1.29 is 19.1 Å². The van der Waals surface area contributed by atoms with Gasteiger partial charge in [0.2, 0.25) is 0 Å². The molecule has 3 aromatic carbocycles. The first kappa shape index (κ1) is 22.0. The molecule has 2 amide bonds. The summed E-state index contributed by atoms with van der Waals surface area (Å²) >= 11 is 7.05. The van der Waals surface area contributed by atoms with E-state index in [1.165, 1.54) is 5.56 Å². The fourth-order valence-electron chi connectivity index (χ4n) is 3.20. The van der Waals surface area contributed by atoms with Gasteiger partial charge in [0.25, 0.3) is 11.1 Å². The van der Waals surface area contributed by atoms with E-state index in [9.17, 15) is 9.59 Å². The first-order chi connectivity index (χ1) is 15.5. The lowest BCUT2D eigenvalue weighted by Gasteiger charge is -2.13. The van der Waals surface area contributed by atoms with Gasteiger partial charge in [-0.2, -0.15) is 0 Å². The average Bonchev–Trinajstić information content (AvgIpc) is 3.07. The van der Waals surface area contributed by atoms with Crippen LogP contribution in [0.1, 0.15) is 16.7 Å². The van der Waals surface area contributed by atoms with Crippen LogP contribution in [0.3, 0.4) is 0 Å². The molecule has 3 aromatic rings. The fraction of sp³-hybridized carbons (Fsp3) is 0.120. The number of halogens is 1. The number of imide groups is 1. The van der Waals surface area contributed by atoms with Crippen LogP contribution in [0.2, 0.25) is 5.02 Å². The molecule has 162 valence electrons. The van der Waals surface area contributed by atoms with E-state index in [1.54, 1.807) is 49.6 Å². The van der Waals surface area contributed by atoms with Crippen molar-refractivity contribution in [2.75, 3.05) is 12.0 Å². The molecule has 7 heteroatoms. The van der Waals surface area contributed by atoms with Gasteiger partial charge in [0.15, 0.2) is 11.5 Å². The van der Waals surface area contributed by atoms with E-state index in [-0.39, 0.29) is 5.24 Å². The lowest BCUT2D eigenvalue weighted by molar-refractivity contribution is -0.113. The summed E-state index contributed by atoms with van der Waals surface area (Å²) < 4.78 is 11.4. The lowest BCUT2D eigenvalue weighted by atomic mass is 10.1. The molecule has 0 aromatic heterocycles. The summed E-state index contributed by atoms with van der Waals surface area (Å²) in [6, 6.07) is 20.3. The summed E-state index contributed by atoms with van der Waals surface area (Å²) in [6.45, 7) is 2.45. The number of benzene rings is 3. The van der Waals surface area contributed by atoms with Gasteiger partial charge < -0.3 is 9.47 Å². The molecule has 4 rings (SSSR count). The van der Waals surface area contributed by atoms with Crippen LogP contribution >= 0.6 is 23.4 Å². The zero-order valence-electron chi connectivity index (χ0n) is 17.5.